The third-order valence-corrected chi connectivity index (χ3v) is 5.52. The van der Waals surface area contributed by atoms with Gasteiger partial charge in [-0.2, -0.15) is 10.2 Å². The molecular formula is C21H24N6O. The Morgan fingerprint density at radius 1 is 1.07 bits per heavy atom. The largest absolute Gasteiger partial charge is 0.494 e. The Labute approximate surface area is 163 Å². The van der Waals surface area contributed by atoms with E-state index in [0.717, 1.165) is 70.7 Å². The summed E-state index contributed by atoms with van der Waals surface area (Å²) < 4.78 is 9.64. The molecule has 0 atom stereocenters. The van der Waals surface area contributed by atoms with Gasteiger partial charge in [-0.25, -0.2) is 9.50 Å². The molecule has 1 fully saturated rings. The van der Waals surface area contributed by atoms with Crippen LogP contribution in [0.3, 0.4) is 0 Å². The molecule has 0 bridgehead atoms. The Morgan fingerprint density at radius 2 is 1.89 bits per heavy atom. The molecule has 0 radical (unpaired) electrons. The first-order valence-corrected chi connectivity index (χ1v) is 9.74. The summed E-state index contributed by atoms with van der Waals surface area (Å²) in [7, 11) is 1.70. The van der Waals surface area contributed by atoms with Crippen LogP contribution in [0.5, 0.6) is 5.75 Å². The van der Waals surface area contributed by atoms with Crippen LogP contribution in [0.2, 0.25) is 0 Å². The normalized spacial score (nSPS) is 15.5. The van der Waals surface area contributed by atoms with Crippen molar-refractivity contribution in [1.29, 1.82) is 0 Å². The molecule has 28 heavy (non-hydrogen) atoms. The molecule has 0 aliphatic carbocycles. The fraction of sp³-hybridized carbons (Fsp3) is 0.381. The molecule has 7 heteroatoms. The lowest BCUT2D eigenvalue weighted by molar-refractivity contribution is 0.344. The number of nitrogens with zero attached hydrogens (tertiary/aromatic N) is 5. The Hall–Kier alpha value is -2.93. The van der Waals surface area contributed by atoms with Crippen molar-refractivity contribution in [3.8, 4) is 17.0 Å². The second-order valence-electron chi connectivity index (χ2n) is 7.57. The van der Waals surface area contributed by atoms with Gasteiger partial charge in [0.2, 0.25) is 0 Å². The highest BCUT2D eigenvalue weighted by atomic mass is 16.5. The maximum atomic E-state index is 5.68. The first-order chi connectivity index (χ1) is 13.6. The molecule has 1 N–H and O–H groups in total. The molecule has 1 saturated heterocycles. The number of nitrogens with one attached hydrogen (secondary N) is 1. The average molecular weight is 376 g/mol. The van der Waals surface area contributed by atoms with Crippen LogP contribution in [0.4, 0.5) is 0 Å². The summed E-state index contributed by atoms with van der Waals surface area (Å²) in [5, 5.41) is 14.1. The minimum atomic E-state index is 0.437. The van der Waals surface area contributed by atoms with Crippen LogP contribution >= 0.6 is 0 Å². The van der Waals surface area contributed by atoms with Gasteiger partial charge in [-0.3, -0.25) is 4.68 Å². The number of aromatic nitrogens is 5. The van der Waals surface area contributed by atoms with Crippen molar-refractivity contribution in [1.82, 2.24) is 29.7 Å². The van der Waals surface area contributed by atoms with Crippen molar-refractivity contribution < 1.29 is 4.74 Å². The Morgan fingerprint density at radius 3 is 2.68 bits per heavy atom. The number of imidazole rings is 1. The molecule has 1 aromatic carbocycles. The summed E-state index contributed by atoms with van der Waals surface area (Å²) in [6, 6.07) is 6.70. The van der Waals surface area contributed by atoms with Crippen molar-refractivity contribution in [3.05, 3.63) is 41.9 Å². The highest BCUT2D eigenvalue weighted by Gasteiger charge is 2.19. The first kappa shape index (κ1) is 17.2. The molecular weight excluding hydrogens is 352 g/mol. The fourth-order valence-corrected chi connectivity index (χ4v) is 4.07. The van der Waals surface area contributed by atoms with Gasteiger partial charge in [0.15, 0.2) is 5.65 Å². The Bertz CT molecular complexity index is 1170. The van der Waals surface area contributed by atoms with E-state index in [9.17, 15) is 0 Å². The number of fused-ring (bicyclic) bond motifs is 2. The van der Waals surface area contributed by atoms with Crippen LogP contribution in [-0.2, 0) is 0 Å². The zero-order chi connectivity index (χ0) is 19.3. The molecule has 4 heterocycles. The van der Waals surface area contributed by atoms with Gasteiger partial charge in [0.05, 0.1) is 30.7 Å². The molecule has 0 amide bonds. The number of hydrogen-bond donors (Lipinski definition) is 1. The van der Waals surface area contributed by atoms with E-state index < -0.39 is 0 Å². The van der Waals surface area contributed by atoms with Crippen molar-refractivity contribution in [2.45, 2.75) is 32.7 Å². The Balaban J connectivity index is 1.63. The number of ether oxygens (including phenoxy) is 1. The smallest absolute Gasteiger partial charge is 0.156 e. The van der Waals surface area contributed by atoms with E-state index in [2.05, 4.69) is 40.2 Å². The quantitative estimate of drug-likeness (QED) is 0.594. The topological polar surface area (TPSA) is 69.3 Å². The highest BCUT2D eigenvalue weighted by Crippen LogP contribution is 2.33. The van der Waals surface area contributed by atoms with Crippen LogP contribution in [0.1, 0.15) is 30.1 Å². The molecule has 0 unspecified atom stereocenters. The number of piperidine rings is 1. The van der Waals surface area contributed by atoms with Crippen LogP contribution in [0.15, 0.2) is 30.6 Å². The third kappa shape index (κ3) is 2.82. The maximum Gasteiger partial charge on any atom is 0.156 e. The summed E-state index contributed by atoms with van der Waals surface area (Å²) >= 11 is 0. The minimum absolute atomic E-state index is 0.437. The van der Waals surface area contributed by atoms with E-state index >= 15 is 0 Å². The standard InChI is InChI=1S/C21H24N6O/c1-13-8-18(24-27-11-14(2)23-21(13)27)15-9-16-12-26(17-4-6-22-7-5-17)25-20(16)19(10-15)28-3/h8-12,17,22H,4-7H2,1-3H3. The molecule has 1 aliphatic heterocycles. The summed E-state index contributed by atoms with van der Waals surface area (Å²) in [5.41, 5.74) is 5.78. The second-order valence-corrected chi connectivity index (χ2v) is 7.57. The molecule has 5 rings (SSSR count). The molecule has 0 spiro atoms. The van der Waals surface area contributed by atoms with Crippen LogP contribution in [-0.4, -0.2) is 44.6 Å². The second kappa shape index (κ2) is 6.60. The average Bonchev–Trinajstić information content (AvgIpc) is 3.31. The van der Waals surface area contributed by atoms with Crippen LogP contribution in [0.25, 0.3) is 27.8 Å². The zero-order valence-corrected chi connectivity index (χ0v) is 16.4. The SMILES string of the molecule is COc1cc(-c2cc(C)c3nc(C)cn3n2)cc2cn(C3CCNCC3)nc12. The monoisotopic (exact) mass is 376 g/mol. The van der Waals surface area contributed by atoms with E-state index in [-0.39, 0.29) is 0 Å². The first-order valence-electron chi connectivity index (χ1n) is 9.74. The van der Waals surface area contributed by atoms with Crippen LogP contribution in [0, 0.1) is 13.8 Å². The molecule has 3 aromatic heterocycles. The van der Waals surface area contributed by atoms with Gasteiger partial charge in [0.25, 0.3) is 0 Å². The number of benzene rings is 1. The fourth-order valence-electron chi connectivity index (χ4n) is 4.07. The van der Waals surface area contributed by atoms with Gasteiger partial charge >= 0.3 is 0 Å². The number of methoxy groups -OCH3 is 1. The minimum Gasteiger partial charge on any atom is -0.494 e. The predicted molar refractivity (Wildman–Crippen MR) is 109 cm³/mol. The van der Waals surface area contributed by atoms with E-state index in [0.29, 0.717) is 6.04 Å². The van der Waals surface area contributed by atoms with Crippen LogP contribution < -0.4 is 10.1 Å². The highest BCUT2D eigenvalue weighted by molar-refractivity contribution is 5.89. The van der Waals surface area contributed by atoms with E-state index in [1.807, 2.05) is 23.7 Å². The maximum absolute atomic E-state index is 5.68. The van der Waals surface area contributed by atoms with E-state index in [1.54, 1.807) is 7.11 Å². The van der Waals surface area contributed by atoms with Crippen molar-refractivity contribution in [2.24, 2.45) is 0 Å². The summed E-state index contributed by atoms with van der Waals surface area (Å²) in [6.45, 7) is 6.13. The lowest BCUT2D eigenvalue weighted by atomic mass is 10.1. The van der Waals surface area contributed by atoms with Gasteiger partial charge in [0, 0.05) is 17.1 Å². The van der Waals surface area contributed by atoms with Crippen molar-refractivity contribution >= 4 is 16.6 Å². The zero-order valence-electron chi connectivity index (χ0n) is 16.4. The predicted octanol–water partition coefficient (Wildman–Crippen LogP) is 3.30. The third-order valence-electron chi connectivity index (χ3n) is 5.52. The molecule has 144 valence electrons. The summed E-state index contributed by atoms with van der Waals surface area (Å²) in [6.07, 6.45) is 6.29. The number of rotatable bonds is 3. The molecule has 1 aliphatic rings. The van der Waals surface area contributed by atoms with E-state index in [4.69, 9.17) is 14.9 Å². The van der Waals surface area contributed by atoms with Gasteiger partial charge in [0.1, 0.15) is 11.3 Å². The Kier molecular flexibility index (Phi) is 4.05. The van der Waals surface area contributed by atoms with E-state index in [1.165, 1.54) is 0 Å². The van der Waals surface area contributed by atoms with Crippen molar-refractivity contribution in [2.75, 3.05) is 20.2 Å². The molecule has 0 saturated carbocycles. The van der Waals surface area contributed by atoms with Gasteiger partial charge < -0.3 is 10.1 Å². The molecule has 7 nitrogen and oxygen atoms in total. The lowest BCUT2D eigenvalue weighted by Crippen LogP contribution is -2.29. The lowest BCUT2D eigenvalue weighted by Gasteiger charge is -2.22. The summed E-state index contributed by atoms with van der Waals surface area (Å²) in [4.78, 5) is 4.54. The van der Waals surface area contributed by atoms with Gasteiger partial charge in [-0.1, -0.05) is 0 Å². The van der Waals surface area contributed by atoms with Gasteiger partial charge in [-0.05, 0) is 63.5 Å². The van der Waals surface area contributed by atoms with Gasteiger partial charge in [-0.15, -0.1) is 0 Å². The molecule has 4 aromatic rings. The number of hydrogen-bond acceptors (Lipinski definition) is 5. The summed E-state index contributed by atoms with van der Waals surface area (Å²) in [5.74, 6) is 0.779. The van der Waals surface area contributed by atoms with Crippen molar-refractivity contribution in [3.63, 3.8) is 0 Å². The number of aryl methyl sites for hydroxylation is 2.